The van der Waals surface area contributed by atoms with E-state index in [1.165, 1.54) is 7.05 Å². The van der Waals surface area contributed by atoms with Crippen LogP contribution < -0.4 is 10.0 Å². The highest BCUT2D eigenvalue weighted by molar-refractivity contribution is 7.89. The standard InChI is InChI=1S/C20H22FN3O4S/c1-13-15(20(26)24-10-3-4-11-24)6-5-7-18(13)23-19(25)16-12-14(8-9-17(16)21)29(27,28)22-2/h5-9,12,22H,3-4,10-11H2,1-2H3,(H,23,25). The van der Waals surface area contributed by atoms with Crippen LogP contribution in [-0.4, -0.2) is 45.3 Å². The van der Waals surface area contributed by atoms with Crippen molar-refractivity contribution in [3.63, 3.8) is 0 Å². The summed E-state index contributed by atoms with van der Waals surface area (Å²) in [6.07, 6.45) is 1.93. The molecule has 2 N–H and O–H groups in total. The van der Waals surface area contributed by atoms with Crippen molar-refractivity contribution in [2.24, 2.45) is 0 Å². The highest BCUT2D eigenvalue weighted by Crippen LogP contribution is 2.24. The normalized spacial score (nSPS) is 14.1. The molecule has 1 aliphatic rings. The summed E-state index contributed by atoms with van der Waals surface area (Å²) in [5.74, 6) is -1.76. The third kappa shape index (κ3) is 4.30. The summed E-state index contributed by atoms with van der Waals surface area (Å²) in [5, 5.41) is 2.58. The van der Waals surface area contributed by atoms with Crippen molar-refractivity contribution >= 4 is 27.5 Å². The van der Waals surface area contributed by atoms with E-state index < -0.39 is 27.3 Å². The zero-order valence-electron chi connectivity index (χ0n) is 16.2. The summed E-state index contributed by atoms with van der Waals surface area (Å²) in [7, 11) is -2.60. The molecule has 29 heavy (non-hydrogen) atoms. The van der Waals surface area contributed by atoms with Crippen LogP contribution >= 0.6 is 0 Å². The van der Waals surface area contributed by atoms with Gasteiger partial charge in [0.2, 0.25) is 10.0 Å². The largest absolute Gasteiger partial charge is 0.339 e. The predicted octanol–water partition coefficient (Wildman–Crippen LogP) is 2.53. The van der Waals surface area contributed by atoms with Crippen molar-refractivity contribution < 1.29 is 22.4 Å². The third-order valence-electron chi connectivity index (χ3n) is 4.97. The molecule has 0 saturated carbocycles. The molecule has 0 aliphatic carbocycles. The summed E-state index contributed by atoms with van der Waals surface area (Å²) >= 11 is 0. The molecule has 1 aliphatic heterocycles. The van der Waals surface area contributed by atoms with E-state index >= 15 is 0 Å². The molecule has 1 fully saturated rings. The van der Waals surface area contributed by atoms with Crippen molar-refractivity contribution in [2.75, 3.05) is 25.5 Å². The number of anilines is 1. The molecule has 0 unspecified atom stereocenters. The molecule has 7 nitrogen and oxygen atoms in total. The molecule has 0 bridgehead atoms. The summed E-state index contributed by atoms with van der Waals surface area (Å²) in [5.41, 5.74) is 0.993. The Balaban J connectivity index is 1.89. The third-order valence-corrected chi connectivity index (χ3v) is 6.38. The molecule has 154 valence electrons. The SMILES string of the molecule is CNS(=O)(=O)c1ccc(F)c(C(=O)Nc2cccc(C(=O)N3CCCC3)c2C)c1. The second-order valence-corrected chi connectivity index (χ2v) is 8.67. The average Bonchev–Trinajstić information content (AvgIpc) is 3.24. The van der Waals surface area contributed by atoms with E-state index in [2.05, 4.69) is 10.0 Å². The van der Waals surface area contributed by atoms with Crippen molar-refractivity contribution in [3.05, 3.63) is 58.9 Å². The fourth-order valence-electron chi connectivity index (χ4n) is 3.25. The van der Waals surface area contributed by atoms with E-state index in [1.807, 2.05) is 0 Å². The lowest BCUT2D eigenvalue weighted by Crippen LogP contribution is -2.28. The number of carbonyl (C=O) groups is 2. The van der Waals surface area contributed by atoms with E-state index in [9.17, 15) is 22.4 Å². The molecule has 1 heterocycles. The molecular weight excluding hydrogens is 397 g/mol. The Kier molecular flexibility index (Phi) is 5.99. The first-order valence-electron chi connectivity index (χ1n) is 9.18. The molecule has 0 atom stereocenters. The van der Waals surface area contributed by atoms with Gasteiger partial charge < -0.3 is 10.2 Å². The van der Waals surface area contributed by atoms with E-state index in [0.29, 0.717) is 29.9 Å². The lowest BCUT2D eigenvalue weighted by atomic mass is 10.0. The molecule has 0 radical (unpaired) electrons. The highest BCUT2D eigenvalue weighted by Gasteiger charge is 2.23. The smallest absolute Gasteiger partial charge is 0.258 e. The van der Waals surface area contributed by atoms with Crippen LogP contribution in [0.3, 0.4) is 0 Å². The molecule has 3 rings (SSSR count). The molecule has 1 saturated heterocycles. The second kappa shape index (κ2) is 8.30. The zero-order chi connectivity index (χ0) is 21.2. The topological polar surface area (TPSA) is 95.6 Å². The van der Waals surface area contributed by atoms with Crippen LogP contribution in [0.4, 0.5) is 10.1 Å². The number of benzene rings is 2. The summed E-state index contributed by atoms with van der Waals surface area (Å²) < 4.78 is 40.2. The first-order valence-corrected chi connectivity index (χ1v) is 10.7. The van der Waals surface area contributed by atoms with Gasteiger partial charge in [0.05, 0.1) is 10.5 Å². The summed E-state index contributed by atoms with van der Waals surface area (Å²) in [6.45, 7) is 3.11. The number of hydrogen-bond donors (Lipinski definition) is 2. The molecule has 0 spiro atoms. The van der Waals surface area contributed by atoms with Gasteiger partial charge in [-0.25, -0.2) is 17.5 Å². The van der Waals surface area contributed by atoms with E-state index in [-0.39, 0.29) is 10.8 Å². The van der Waals surface area contributed by atoms with Gasteiger partial charge in [0.1, 0.15) is 5.82 Å². The van der Waals surface area contributed by atoms with Gasteiger partial charge in [-0.1, -0.05) is 6.07 Å². The number of likely N-dealkylation sites (tertiary alicyclic amines) is 1. The second-order valence-electron chi connectivity index (χ2n) is 6.78. The fourth-order valence-corrected chi connectivity index (χ4v) is 4.00. The summed E-state index contributed by atoms with van der Waals surface area (Å²) in [6, 6.07) is 7.93. The molecule has 2 aromatic carbocycles. The van der Waals surface area contributed by atoms with Crippen LogP contribution in [-0.2, 0) is 10.0 Å². The van der Waals surface area contributed by atoms with Gasteiger partial charge in [0.25, 0.3) is 11.8 Å². The van der Waals surface area contributed by atoms with Crippen LogP contribution in [0, 0.1) is 12.7 Å². The Morgan fingerprint density at radius 1 is 1.07 bits per heavy atom. The van der Waals surface area contributed by atoms with Crippen molar-refractivity contribution in [1.82, 2.24) is 9.62 Å². The van der Waals surface area contributed by atoms with Crippen molar-refractivity contribution in [3.8, 4) is 0 Å². The number of nitrogens with zero attached hydrogens (tertiary/aromatic N) is 1. The van der Waals surface area contributed by atoms with Gasteiger partial charge in [0.15, 0.2) is 0 Å². The maximum atomic E-state index is 14.2. The van der Waals surface area contributed by atoms with Crippen LogP contribution in [0.2, 0.25) is 0 Å². The number of amides is 2. The molecule has 9 heteroatoms. The predicted molar refractivity (Wildman–Crippen MR) is 107 cm³/mol. The van der Waals surface area contributed by atoms with Crippen LogP contribution in [0.15, 0.2) is 41.3 Å². The molecule has 0 aromatic heterocycles. The average molecular weight is 419 g/mol. The molecule has 2 amide bonds. The van der Waals surface area contributed by atoms with E-state index in [0.717, 1.165) is 31.0 Å². The van der Waals surface area contributed by atoms with Gasteiger partial charge >= 0.3 is 0 Å². The zero-order valence-corrected chi connectivity index (χ0v) is 17.0. The minimum atomic E-state index is -3.83. The maximum Gasteiger partial charge on any atom is 0.258 e. The quantitative estimate of drug-likeness (QED) is 0.779. The Morgan fingerprint density at radius 3 is 2.41 bits per heavy atom. The van der Waals surface area contributed by atoms with E-state index in [1.54, 1.807) is 30.0 Å². The minimum Gasteiger partial charge on any atom is -0.339 e. The number of sulfonamides is 1. The Morgan fingerprint density at radius 2 is 1.76 bits per heavy atom. The van der Waals surface area contributed by atoms with Gasteiger partial charge in [-0.15, -0.1) is 0 Å². The first-order chi connectivity index (χ1) is 13.7. The molecule has 2 aromatic rings. The monoisotopic (exact) mass is 419 g/mol. The number of rotatable bonds is 5. The Labute approximate surface area is 169 Å². The van der Waals surface area contributed by atoms with Crippen LogP contribution in [0.5, 0.6) is 0 Å². The van der Waals surface area contributed by atoms with Gasteiger partial charge in [-0.2, -0.15) is 0 Å². The Bertz CT molecular complexity index is 1060. The maximum absolute atomic E-state index is 14.2. The van der Waals surface area contributed by atoms with Crippen molar-refractivity contribution in [2.45, 2.75) is 24.7 Å². The van der Waals surface area contributed by atoms with Gasteiger partial charge in [0, 0.05) is 24.3 Å². The van der Waals surface area contributed by atoms with E-state index in [4.69, 9.17) is 0 Å². The first kappa shape index (κ1) is 20.9. The van der Waals surface area contributed by atoms with Crippen LogP contribution in [0.25, 0.3) is 0 Å². The lowest BCUT2D eigenvalue weighted by molar-refractivity contribution is 0.0791. The number of halogens is 1. The minimum absolute atomic E-state index is 0.107. The number of nitrogens with one attached hydrogen (secondary N) is 2. The van der Waals surface area contributed by atoms with Gasteiger partial charge in [-0.05, 0) is 62.7 Å². The van der Waals surface area contributed by atoms with Crippen LogP contribution in [0.1, 0.15) is 39.1 Å². The number of carbonyl (C=O) groups excluding carboxylic acids is 2. The lowest BCUT2D eigenvalue weighted by Gasteiger charge is -2.18. The highest BCUT2D eigenvalue weighted by atomic mass is 32.2. The Hall–Kier alpha value is -2.78. The number of hydrogen-bond acceptors (Lipinski definition) is 4. The van der Waals surface area contributed by atoms with Crippen molar-refractivity contribution in [1.29, 1.82) is 0 Å². The fraction of sp³-hybridized carbons (Fsp3) is 0.300. The van der Waals surface area contributed by atoms with Gasteiger partial charge in [-0.3, -0.25) is 9.59 Å². The summed E-state index contributed by atoms with van der Waals surface area (Å²) in [4.78, 5) is 26.9. The molecular formula is C20H22FN3O4S.